The molecule has 19 heteroatoms. The number of allylic oxidation sites excluding steroid dienone is 4. The highest BCUT2D eigenvalue weighted by atomic mass is 31.2. The van der Waals surface area contributed by atoms with Crippen LogP contribution >= 0.6 is 15.6 Å². The molecule has 0 aliphatic carbocycles. The number of rotatable bonds is 69. The van der Waals surface area contributed by atoms with Gasteiger partial charge in [0, 0.05) is 25.7 Å². The molecule has 0 fully saturated rings. The van der Waals surface area contributed by atoms with Gasteiger partial charge in [-0.05, 0) is 69.1 Å². The average Bonchev–Trinajstić information content (AvgIpc) is 2.70. The normalized spacial score (nSPS) is 14.3. The Morgan fingerprint density at radius 2 is 0.587 bits per heavy atom. The number of aliphatic hydroxyl groups is 1. The fraction of sp³-hybridized carbons (Fsp3) is 0.890. The molecule has 0 rings (SSSR count). The molecule has 0 amide bonds. The third kappa shape index (κ3) is 66.2. The molecule has 0 saturated carbocycles. The first kappa shape index (κ1) is 89.5. The van der Waals surface area contributed by atoms with E-state index in [0.717, 1.165) is 115 Å². The van der Waals surface area contributed by atoms with E-state index in [1.807, 2.05) is 0 Å². The van der Waals surface area contributed by atoms with Gasteiger partial charge in [0.25, 0.3) is 0 Å². The molecule has 0 heterocycles. The second-order valence-corrected chi connectivity index (χ2v) is 30.0. The molecule has 542 valence electrons. The summed E-state index contributed by atoms with van der Waals surface area (Å²) >= 11 is 0. The molecule has 0 bridgehead atoms. The molecule has 3 N–H and O–H groups in total. The Bertz CT molecular complexity index is 1890. The summed E-state index contributed by atoms with van der Waals surface area (Å²) in [4.78, 5) is 72.5. The Morgan fingerprint density at radius 3 is 0.880 bits per heavy atom. The molecule has 0 aromatic heterocycles. The molecule has 2 unspecified atom stereocenters. The minimum atomic E-state index is -4.96. The highest BCUT2D eigenvalue weighted by Crippen LogP contribution is 2.45. The zero-order chi connectivity index (χ0) is 68.0. The van der Waals surface area contributed by atoms with Crippen molar-refractivity contribution >= 4 is 39.5 Å². The zero-order valence-corrected chi connectivity index (χ0v) is 61.3. The summed E-state index contributed by atoms with van der Waals surface area (Å²) in [5, 5.41) is 10.6. The van der Waals surface area contributed by atoms with Crippen molar-refractivity contribution in [1.29, 1.82) is 0 Å². The Labute approximate surface area is 561 Å². The SMILES string of the molecule is CCCCCC/C=C\C=C/CCCCCCCC(=O)O[C@H](COC(=O)CCCCCCCCC(C)C)COP(=O)(O)OC[C@H](O)COP(=O)(O)OC[C@@H](COC(=O)CCCCCCCCCCCCCCCCCC(C)C)OC(=O)CCCCCCCCCC(C)C. The van der Waals surface area contributed by atoms with Gasteiger partial charge in [0.15, 0.2) is 12.2 Å². The lowest BCUT2D eigenvalue weighted by Crippen LogP contribution is -2.30. The molecule has 0 aliphatic rings. The van der Waals surface area contributed by atoms with E-state index in [1.54, 1.807) is 0 Å². The standard InChI is InChI=1S/C73H138O17P2/c1-8-9-10-11-12-13-14-15-17-22-25-28-33-42-49-56-72(77)89-69(61-84-71(76)55-48-41-36-35-39-46-53-66(6)7)63-88-92(81,82)86-59-67(74)58-85-91(79,80)87-62-68(90-73(78)57-50-43-34-29-31-38-45-52-65(4)5)60-83-70(75)54-47-40-32-27-24-21-19-16-18-20-23-26-30-37-44-51-64(2)3/h13-15,17,64-69,74H,8-12,16,18-63H2,1-7H3,(H,79,80)(H,81,82)/b14-13-,17-15-/t67-,68-,69-/m1/s1. The molecule has 0 aromatic rings. The van der Waals surface area contributed by atoms with Crippen LogP contribution in [0.2, 0.25) is 0 Å². The summed E-state index contributed by atoms with van der Waals surface area (Å²) in [6, 6.07) is 0. The number of esters is 4. The van der Waals surface area contributed by atoms with E-state index in [1.165, 1.54) is 135 Å². The van der Waals surface area contributed by atoms with E-state index >= 15 is 0 Å². The highest BCUT2D eigenvalue weighted by molar-refractivity contribution is 7.47. The predicted octanol–water partition coefficient (Wildman–Crippen LogP) is 20.6. The van der Waals surface area contributed by atoms with Gasteiger partial charge < -0.3 is 33.8 Å². The minimum Gasteiger partial charge on any atom is -0.462 e. The Balaban J connectivity index is 5.21. The van der Waals surface area contributed by atoms with Gasteiger partial charge in [-0.25, -0.2) is 9.13 Å². The molecule has 0 saturated heterocycles. The van der Waals surface area contributed by atoms with Gasteiger partial charge in [0.2, 0.25) is 0 Å². The van der Waals surface area contributed by atoms with Crippen LogP contribution in [0.3, 0.4) is 0 Å². The monoisotopic (exact) mass is 1350 g/mol. The van der Waals surface area contributed by atoms with Crippen molar-refractivity contribution in [3.63, 3.8) is 0 Å². The minimum absolute atomic E-state index is 0.0835. The van der Waals surface area contributed by atoms with Crippen LogP contribution in [0.25, 0.3) is 0 Å². The Hall–Kier alpha value is -2.46. The van der Waals surface area contributed by atoms with Crippen LogP contribution in [-0.4, -0.2) is 96.7 Å². The number of hydrogen-bond acceptors (Lipinski definition) is 15. The lowest BCUT2D eigenvalue weighted by Gasteiger charge is -2.21. The predicted molar refractivity (Wildman–Crippen MR) is 372 cm³/mol. The van der Waals surface area contributed by atoms with Crippen molar-refractivity contribution in [3.05, 3.63) is 24.3 Å². The molecule has 0 aromatic carbocycles. The fourth-order valence-corrected chi connectivity index (χ4v) is 12.1. The molecule has 0 spiro atoms. The second kappa shape index (κ2) is 63.3. The van der Waals surface area contributed by atoms with E-state index in [-0.39, 0.29) is 25.7 Å². The van der Waals surface area contributed by atoms with Crippen molar-refractivity contribution in [2.24, 2.45) is 17.8 Å². The van der Waals surface area contributed by atoms with Gasteiger partial charge in [-0.3, -0.25) is 37.3 Å². The largest absolute Gasteiger partial charge is 0.472 e. The smallest absolute Gasteiger partial charge is 0.462 e. The van der Waals surface area contributed by atoms with Gasteiger partial charge in [-0.2, -0.15) is 0 Å². The van der Waals surface area contributed by atoms with E-state index in [2.05, 4.69) is 72.8 Å². The number of ether oxygens (including phenoxy) is 4. The number of unbranched alkanes of at least 4 members (excludes halogenated alkanes) is 34. The number of hydrogen-bond donors (Lipinski definition) is 3. The van der Waals surface area contributed by atoms with E-state index in [0.29, 0.717) is 37.5 Å². The fourth-order valence-electron chi connectivity index (χ4n) is 10.5. The average molecular weight is 1350 g/mol. The van der Waals surface area contributed by atoms with E-state index in [9.17, 15) is 43.2 Å². The first-order chi connectivity index (χ1) is 44.2. The molecule has 0 radical (unpaired) electrons. The van der Waals surface area contributed by atoms with Gasteiger partial charge in [0.1, 0.15) is 19.3 Å². The number of aliphatic hydroxyl groups excluding tert-OH is 1. The summed E-state index contributed by atoms with van der Waals surface area (Å²) in [5.41, 5.74) is 0. The van der Waals surface area contributed by atoms with Gasteiger partial charge in [-0.1, -0.05) is 291 Å². The lowest BCUT2D eigenvalue weighted by atomic mass is 10.0. The van der Waals surface area contributed by atoms with Crippen LogP contribution in [0.15, 0.2) is 24.3 Å². The van der Waals surface area contributed by atoms with Crippen molar-refractivity contribution in [3.8, 4) is 0 Å². The van der Waals surface area contributed by atoms with Gasteiger partial charge in [0.05, 0.1) is 26.4 Å². The summed E-state index contributed by atoms with van der Waals surface area (Å²) < 4.78 is 68.3. The second-order valence-electron chi connectivity index (χ2n) is 27.1. The van der Waals surface area contributed by atoms with Crippen LogP contribution in [0.1, 0.15) is 344 Å². The zero-order valence-electron chi connectivity index (χ0n) is 59.5. The molecular weight excluding hydrogens is 1210 g/mol. The molecule has 5 atom stereocenters. The number of carbonyl (C=O) groups is 4. The third-order valence-corrected chi connectivity index (χ3v) is 18.2. The van der Waals surface area contributed by atoms with Crippen molar-refractivity contribution in [2.45, 2.75) is 362 Å². The number of phosphoric acid groups is 2. The van der Waals surface area contributed by atoms with Crippen molar-refractivity contribution in [2.75, 3.05) is 39.6 Å². The highest BCUT2D eigenvalue weighted by Gasteiger charge is 2.30. The van der Waals surface area contributed by atoms with Crippen molar-refractivity contribution < 1.29 is 80.2 Å². The van der Waals surface area contributed by atoms with Crippen molar-refractivity contribution in [1.82, 2.24) is 0 Å². The number of phosphoric ester groups is 2. The van der Waals surface area contributed by atoms with Crippen LogP contribution in [0.5, 0.6) is 0 Å². The van der Waals surface area contributed by atoms with Crippen LogP contribution in [0.4, 0.5) is 0 Å². The van der Waals surface area contributed by atoms with Gasteiger partial charge in [-0.15, -0.1) is 0 Å². The molecule has 92 heavy (non-hydrogen) atoms. The van der Waals surface area contributed by atoms with E-state index in [4.69, 9.17) is 37.0 Å². The first-order valence-electron chi connectivity index (χ1n) is 37.2. The molecular formula is C73H138O17P2. The summed E-state index contributed by atoms with van der Waals surface area (Å²) in [5.74, 6) is 0.0171. The topological polar surface area (TPSA) is 237 Å². The molecule has 0 aliphatic heterocycles. The first-order valence-corrected chi connectivity index (χ1v) is 40.2. The summed E-state index contributed by atoms with van der Waals surface area (Å²) in [6.45, 7) is 11.7. The lowest BCUT2D eigenvalue weighted by molar-refractivity contribution is -0.161. The van der Waals surface area contributed by atoms with Crippen LogP contribution in [-0.2, 0) is 65.4 Å². The third-order valence-electron chi connectivity index (χ3n) is 16.3. The summed E-state index contributed by atoms with van der Waals surface area (Å²) in [6.07, 6.45) is 51.1. The molecule has 17 nitrogen and oxygen atoms in total. The quantitative estimate of drug-likeness (QED) is 0.0169. The van der Waals surface area contributed by atoms with E-state index < -0.39 is 97.5 Å². The Kier molecular flexibility index (Phi) is 61.6. The van der Waals surface area contributed by atoms with Gasteiger partial charge >= 0.3 is 39.5 Å². The number of carbonyl (C=O) groups excluding carboxylic acids is 4. The Morgan fingerprint density at radius 1 is 0.337 bits per heavy atom. The van der Waals surface area contributed by atoms with Crippen LogP contribution < -0.4 is 0 Å². The maximum Gasteiger partial charge on any atom is 0.472 e. The summed E-state index contributed by atoms with van der Waals surface area (Å²) in [7, 11) is -9.92. The maximum absolute atomic E-state index is 13.0. The van der Waals surface area contributed by atoms with Crippen LogP contribution in [0, 0.1) is 17.8 Å². The maximum atomic E-state index is 13.0.